The first-order valence-corrected chi connectivity index (χ1v) is 12.3. The molecule has 1 rings (SSSR count). The van der Waals surface area contributed by atoms with Gasteiger partial charge in [-0.1, -0.05) is 12.1 Å². The third kappa shape index (κ3) is 12.4. The van der Waals surface area contributed by atoms with Gasteiger partial charge in [-0.15, -0.1) is 0 Å². The number of aliphatic hydroxyl groups excluding tert-OH is 1. The molecule has 0 fully saturated rings. The zero-order valence-corrected chi connectivity index (χ0v) is 21.9. The Labute approximate surface area is 230 Å². The fourth-order valence-electron chi connectivity index (χ4n) is 3.46. The predicted octanol–water partition coefficient (Wildman–Crippen LogP) is -2.90. The molecule has 0 aliphatic carbocycles. The number of phenols is 1. The number of nitrogens with two attached hydrogens (primary N) is 3. The lowest BCUT2D eigenvalue weighted by Gasteiger charge is -2.26. The number of benzene rings is 1. The highest BCUT2D eigenvalue weighted by atomic mass is 16.4. The lowest BCUT2D eigenvalue weighted by atomic mass is 10.0. The highest BCUT2D eigenvalue weighted by molar-refractivity contribution is 5.94. The number of hydrogen-bond donors (Lipinski definition) is 10. The van der Waals surface area contributed by atoms with Crippen molar-refractivity contribution in [1.29, 1.82) is 0 Å². The number of nitrogens with one attached hydrogen (secondary N) is 3. The number of carbonyl (C=O) groups is 5. The summed E-state index contributed by atoms with van der Waals surface area (Å²) in [5, 5.41) is 44.6. The van der Waals surface area contributed by atoms with Crippen LogP contribution in [0.2, 0.25) is 0 Å². The van der Waals surface area contributed by atoms with Crippen molar-refractivity contribution in [3.8, 4) is 5.75 Å². The average molecular weight is 568 g/mol. The molecule has 0 spiro atoms. The minimum absolute atomic E-state index is 0.0556. The van der Waals surface area contributed by atoms with Gasteiger partial charge in [-0.25, -0.2) is 4.79 Å². The lowest BCUT2D eigenvalue weighted by Crippen LogP contribution is -2.58. The molecule has 0 radical (unpaired) electrons. The lowest BCUT2D eigenvalue weighted by molar-refractivity contribution is -0.145. The van der Waals surface area contributed by atoms with E-state index in [1.165, 1.54) is 24.3 Å². The Bertz CT molecular complexity index is 1060. The smallest absolute Gasteiger partial charge is 0.328 e. The normalized spacial score (nSPS) is 14.5. The topological polar surface area (TPSA) is 293 Å². The number of hydrogen-bond acceptors (Lipinski definition) is 9. The molecule has 5 unspecified atom stereocenters. The second-order valence-electron chi connectivity index (χ2n) is 9.05. The zero-order valence-electron chi connectivity index (χ0n) is 21.9. The van der Waals surface area contributed by atoms with E-state index in [1.54, 1.807) is 0 Å². The highest BCUT2D eigenvalue weighted by Crippen LogP contribution is 2.12. The van der Waals surface area contributed by atoms with Crippen LogP contribution in [0.25, 0.3) is 0 Å². The van der Waals surface area contributed by atoms with E-state index in [4.69, 9.17) is 22.3 Å². The Balaban J connectivity index is 3.11. The van der Waals surface area contributed by atoms with E-state index in [1.807, 2.05) is 0 Å². The van der Waals surface area contributed by atoms with Gasteiger partial charge in [0.25, 0.3) is 0 Å². The first-order chi connectivity index (χ1) is 18.7. The number of aliphatic imine (C=N–C) groups is 1. The zero-order chi connectivity index (χ0) is 30.4. The van der Waals surface area contributed by atoms with Gasteiger partial charge in [0, 0.05) is 19.4 Å². The first kappa shape index (κ1) is 33.6. The Morgan fingerprint density at radius 1 is 0.900 bits per heavy atom. The number of phenolic OH excluding ortho intramolecular Hbond substituents is 1. The van der Waals surface area contributed by atoms with Crippen molar-refractivity contribution in [3.05, 3.63) is 29.8 Å². The summed E-state index contributed by atoms with van der Waals surface area (Å²) in [6.07, 6.45) is -1.99. The fraction of sp³-hybridized carbons (Fsp3) is 0.500. The van der Waals surface area contributed by atoms with Crippen LogP contribution in [0.4, 0.5) is 0 Å². The van der Waals surface area contributed by atoms with E-state index >= 15 is 0 Å². The van der Waals surface area contributed by atoms with Crippen LogP contribution in [-0.4, -0.2) is 92.9 Å². The summed E-state index contributed by atoms with van der Waals surface area (Å²) in [4.78, 5) is 65.2. The average Bonchev–Trinajstić information content (AvgIpc) is 2.87. The summed E-state index contributed by atoms with van der Waals surface area (Å²) in [7, 11) is 0. The minimum atomic E-state index is -1.69. The molecule has 1 aromatic rings. The highest BCUT2D eigenvalue weighted by Gasteiger charge is 2.32. The number of guanidine groups is 1. The molecule has 222 valence electrons. The van der Waals surface area contributed by atoms with Crippen LogP contribution < -0.4 is 33.2 Å². The van der Waals surface area contributed by atoms with Gasteiger partial charge in [0.1, 0.15) is 17.8 Å². The van der Waals surface area contributed by atoms with Crippen LogP contribution >= 0.6 is 0 Å². The van der Waals surface area contributed by atoms with E-state index in [0.29, 0.717) is 12.0 Å². The molecule has 40 heavy (non-hydrogen) atoms. The van der Waals surface area contributed by atoms with Crippen molar-refractivity contribution < 1.29 is 44.4 Å². The monoisotopic (exact) mass is 567 g/mol. The molecule has 16 heteroatoms. The van der Waals surface area contributed by atoms with Gasteiger partial charge in [0.15, 0.2) is 12.0 Å². The number of amides is 3. The summed E-state index contributed by atoms with van der Waals surface area (Å²) in [5.74, 6) is -5.58. The third-order valence-electron chi connectivity index (χ3n) is 5.64. The van der Waals surface area contributed by atoms with E-state index in [-0.39, 0.29) is 37.5 Å². The molecule has 0 aliphatic heterocycles. The molecular weight excluding hydrogens is 530 g/mol. The molecule has 3 amide bonds. The number of rotatable bonds is 17. The van der Waals surface area contributed by atoms with E-state index in [9.17, 15) is 39.3 Å². The molecule has 0 bridgehead atoms. The molecule has 0 aliphatic rings. The molecule has 0 heterocycles. The van der Waals surface area contributed by atoms with Crippen molar-refractivity contribution in [1.82, 2.24) is 16.0 Å². The van der Waals surface area contributed by atoms with Crippen molar-refractivity contribution >= 4 is 35.6 Å². The summed E-state index contributed by atoms with van der Waals surface area (Å²) in [5.41, 5.74) is 16.8. The van der Waals surface area contributed by atoms with Crippen LogP contribution in [-0.2, 0) is 30.4 Å². The van der Waals surface area contributed by atoms with Gasteiger partial charge in [-0.2, -0.15) is 0 Å². The number of carboxylic acids is 2. The molecule has 13 N–H and O–H groups in total. The van der Waals surface area contributed by atoms with Gasteiger partial charge in [0.2, 0.25) is 17.7 Å². The molecule has 0 aromatic heterocycles. The van der Waals surface area contributed by atoms with E-state index in [2.05, 4.69) is 20.9 Å². The summed E-state index contributed by atoms with van der Waals surface area (Å²) < 4.78 is 0. The van der Waals surface area contributed by atoms with Gasteiger partial charge < -0.3 is 53.6 Å². The van der Waals surface area contributed by atoms with Crippen LogP contribution in [0.1, 0.15) is 38.2 Å². The van der Waals surface area contributed by atoms with Crippen LogP contribution in [0.3, 0.4) is 0 Å². The van der Waals surface area contributed by atoms with E-state index < -0.39 is 66.4 Å². The number of carboxylic acid groups (broad SMARTS) is 2. The third-order valence-corrected chi connectivity index (χ3v) is 5.64. The number of carbonyl (C=O) groups excluding carboxylic acids is 3. The molecule has 5 atom stereocenters. The van der Waals surface area contributed by atoms with Gasteiger partial charge in [-0.3, -0.25) is 24.2 Å². The van der Waals surface area contributed by atoms with Gasteiger partial charge >= 0.3 is 11.9 Å². The number of aliphatic carboxylic acids is 2. The molecule has 1 aromatic carbocycles. The maximum atomic E-state index is 13.2. The van der Waals surface area contributed by atoms with Crippen molar-refractivity contribution in [3.63, 3.8) is 0 Å². The quantitative estimate of drug-likeness (QED) is 0.0515. The fourth-order valence-corrected chi connectivity index (χ4v) is 3.46. The van der Waals surface area contributed by atoms with Gasteiger partial charge in [0.05, 0.1) is 12.1 Å². The predicted molar refractivity (Wildman–Crippen MR) is 142 cm³/mol. The summed E-state index contributed by atoms with van der Waals surface area (Å²) >= 11 is 0. The number of aromatic hydroxyl groups is 1. The first-order valence-electron chi connectivity index (χ1n) is 12.3. The molecular formula is C24H37N7O9. The SMILES string of the molecule is CC(O)C(NC(=O)C(Cc1ccc(O)cc1)NC(=O)C(CCC(=O)O)NC(=O)C(N)CCCN=C(N)N)C(=O)O. The van der Waals surface area contributed by atoms with Crippen molar-refractivity contribution in [2.75, 3.05) is 6.54 Å². The van der Waals surface area contributed by atoms with Crippen molar-refractivity contribution in [2.24, 2.45) is 22.2 Å². The molecule has 16 nitrogen and oxygen atoms in total. The second-order valence-corrected chi connectivity index (χ2v) is 9.05. The Kier molecular flexibility index (Phi) is 13.9. The molecule has 0 saturated heterocycles. The number of aliphatic hydroxyl groups is 1. The van der Waals surface area contributed by atoms with E-state index in [0.717, 1.165) is 6.92 Å². The Hall–Kier alpha value is -4.44. The summed E-state index contributed by atoms with van der Waals surface area (Å²) in [6.45, 7) is 1.37. The standard InChI is InChI=1S/C24H37N7O9/c1-12(32)19(23(39)40)31-22(38)17(11-13-4-6-14(33)7-5-13)30-21(37)16(8-9-18(34)35)29-20(36)15(25)3-2-10-28-24(26)27/h4-7,12,15-17,19,32-33H,2-3,8-11,25H2,1H3,(H,29,36)(H,30,37)(H,31,38)(H,34,35)(H,39,40)(H4,26,27,28). The largest absolute Gasteiger partial charge is 0.508 e. The van der Waals surface area contributed by atoms with Crippen LogP contribution in [0, 0.1) is 0 Å². The van der Waals surface area contributed by atoms with Crippen LogP contribution in [0.5, 0.6) is 5.75 Å². The maximum absolute atomic E-state index is 13.2. The Morgan fingerprint density at radius 2 is 1.48 bits per heavy atom. The molecule has 0 saturated carbocycles. The van der Waals surface area contributed by atoms with Crippen LogP contribution in [0.15, 0.2) is 29.3 Å². The summed E-state index contributed by atoms with van der Waals surface area (Å²) in [6, 6.07) is 0.0362. The maximum Gasteiger partial charge on any atom is 0.328 e. The number of nitrogens with zero attached hydrogens (tertiary/aromatic N) is 1. The minimum Gasteiger partial charge on any atom is -0.508 e. The second kappa shape index (κ2) is 16.5. The van der Waals surface area contributed by atoms with Crippen molar-refractivity contribution in [2.45, 2.75) is 69.3 Å². The Morgan fingerprint density at radius 3 is 2.00 bits per heavy atom. The van der Waals surface area contributed by atoms with Gasteiger partial charge in [-0.05, 0) is 43.9 Å².